The van der Waals surface area contributed by atoms with Crippen LogP contribution in [-0.2, 0) is 0 Å². The summed E-state index contributed by atoms with van der Waals surface area (Å²) in [6.07, 6.45) is 0. The van der Waals surface area contributed by atoms with Gasteiger partial charge in [-0.15, -0.1) is 10.2 Å². The zero-order valence-electron chi connectivity index (χ0n) is 15.7. The lowest BCUT2D eigenvalue weighted by molar-refractivity contribution is 0.494. The largest absolute Gasteiger partial charge is 0.418 e. The van der Waals surface area contributed by atoms with Gasteiger partial charge in [0.1, 0.15) is 6.04 Å². The highest BCUT2D eigenvalue weighted by Gasteiger charge is 2.22. The summed E-state index contributed by atoms with van der Waals surface area (Å²) >= 11 is 6.24. The van der Waals surface area contributed by atoms with Crippen LogP contribution in [0.2, 0.25) is 5.02 Å². The van der Waals surface area contributed by atoms with E-state index in [2.05, 4.69) is 47.6 Å². The Morgan fingerprint density at radius 3 is 2.32 bits per heavy atom. The molecule has 5 heteroatoms. The van der Waals surface area contributed by atoms with Crippen LogP contribution in [-0.4, -0.2) is 10.2 Å². The highest BCUT2D eigenvalue weighted by Crippen LogP contribution is 2.30. The van der Waals surface area contributed by atoms with Crippen LogP contribution in [0.5, 0.6) is 0 Å². The first-order chi connectivity index (χ1) is 13.6. The minimum Gasteiger partial charge on any atom is -0.418 e. The monoisotopic (exact) mass is 389 g/mol. The average molecular weight is 390 g/mol. The Morgan fingerprint density at radius 2 is 1.61 bits per heavy atom. The van der Waals surface area contributed by atoms with Crippen molar-refractivity contribution in [3.63, 3.8) is 0 Å². The van der Waals surface area contributed by atoms with Crippen LogP contribution in [0, 0.1) is 13.8 Å². The van der Waals surface area contributed by atoms with E-state index in [0.717, 1.165) is 16.8 Å². The van der Waals surface area contributed by atoms with E-state index in [1.807, 2.05) is 54.6 Å². The summed E-state index contributed by atoms with van der Waals surface area (Å²) in [5, 5.41) is 12.8. The lowest BCUT2D eigenvalue weighted by Gasteiger charge is -2.18. The van der Waals surface area contributed by atoms with Crippen LogP contribution in [0.25, 0.3) is 11.5 Å². The lowest BCUT2D eigenvalue weighted by atomic mass is 10.1. The molecule has 0 aliphatic heterocycles. The van der Waals surface area contributed by atoms with E-state index >= 15 is 0 Å². The molecule has 0 unspecified atom stereocenters. The summed E-state index contributed by atoms with van der Waals surface area (Å²) in [6, 6.07) is 23.4. The Balaban J connectivity index is 1.74. The molecule has 0 radical (unpaired) electrons. The molecule has 1 heterocycles. The fourth-order valence-corrected chi connectivity index (χ4v) is 3.45. The maximum atomic E-state index is 6.24. The van der Waals surface area contributed by atoms with Crippen molar-refractivity contribution in [2.45, 2.75) is 19.9 Å². The predicted molar refractivity (Wildman–Crippen MR) is 113 cm³/mol. The average Bonchev–Trinajstić information content (AvgIpc) is 3.16. The van der Waals surface area contributed by atoms with Gasteiger partial charge in [0.05, 0.1) is 0 Å². The Kier molecular flexibility index (Phi) is 5.13. The zero-order chi connectivity index (χ0) is 19.5. The van der Waals surface area contributed by atoms with Crippen LogP contribution in [0.4, 0.5) is 5.69 Å². The van der Waals surface area contributed by atoms with Gasteiger partial charge in [0, 0.05) is 16.3 Å². The maximum absolute atomic E-state index is 6.24. The molecule has 0 bridgehead atoms. The summed E-state index contributed by atoms with van der Waals surface area (Å²) < 4.78 is 6.03. The molecular weight excluding hydrogens is 370 g/mol. The molecule has 0 aliphatic rings. The summed E-state index contributed by atoms with van der Waals surface area (Å²) in [4.78, 5) is 0. The van der Waals surface area contributed by atoms with E-state index in [-0.39, 0.29) is 6.04 Å². The first-order valence-electron chi connectivity index (χ1n) is 9.07. The number of nitrogens with zero attached hydrogens (tertiary/aromatic N) is 2. The van der Waals surface area contributed by atoms with Crippen LogP contribution >= 0.6 is 11.6 Å². The third-order valence-electron chi connectivity index (χ3n) is 4.42. The van der Waals surface area contributed by atoms with E-state index < -0.39 is 0 Å². The van der Waals surface area contributed by atoms with Gasteiger partial charge in [0.15, 0.2) is 0 Å². The number of hydrogen-bond acceptors (Lipinski definition) is 4. The number of hydrogen-bond donors (Lipinski definition) is 1. The van der Waals surface area contributed by atoms with Crippen LogP contribution in [0.1, 0.15) is 28.6 Å². The van der Waals surface area contributed by atoms with Gasteiger partial charge >= 0.3 is 0 Å². The molecule has 0 fully saturated rings. The van der Waals surface area contributed by atoms with Gasteiger partial charge in [-0.3, -0.25) is 0 Å². The van der Waals surface area contributed by atoms with Crippen molar-refractivity contribution in [2.75, 3.05) is 5.32 Å². The van der Waals surface area contributed by atoms with Crippen molar-refractivity contribution in [1.82, 2.24) is 10.2 Å². The molecule has 4 aromatic rings. The maximum Gasteiger partial charge on any atom is 0.247 e. The van der Waals surface area contributed by atoms with E-state index in [0.29, 0.717) is 16.8 Å². The third kappa shape index (κ3) is 4.07. The second-order valence-corrected chi connectivity index (χ2v) is 7.26. The van der Waals surface area contributed by atoms with E-state index in [1.54, 1.807) is 0 Å². The molecule has 140 valence electrons. The molecule has 0 saturated heterocycles. The van der Waals surface area contributed by atoms with E-state index in [1.165, 1.54) is 11.1 Å². The summed E-state index contributed by atoms with van der Waals surface area (Å²) in [6.45, 7) is 4.15. The van der Waals surface area contributed by atoms with Crippen molar-refractivity contribution >= 4 is 17.3 Å². The molecule has 0 aliphatic carbocycles. The Morgan fingerprint density at radius 1 is 0.857 bits per heavy atom. The number of nitrogens with one attached hydrogen (secondary N) is 1. The number of aryl methyl sites for hydroxylation is 2. The minimum absolute atomic E-state index is 0.315. The topological polar surface area (TPSA) is 51.0 Å². The smallest absolute Gasteiger partial charge is 0.247 e. The standard InChI is InChI=1S/C23H20ClN3O/c1-15-11-16(2)13-20(12-15)25-21(18-9-6-10-19(24)14-18)23-27-26-22(28-23)17-7-4-3-5-8-17/h3-14,21,25H,1-2H3/t21-/m0/s1. The van der Waals surface area contributed by atoms with E-state index in [9.17, 15) is 0 Å². The molecule has 0 amide bonds. The van der Waals surface area contributed by atoms with Crippen molar-refractivity contribution in [1.29, 1.82) is 0 Å². The fraction of sp³-hybridized carbons (Fsp3) is 0.130. The Bertz CT molecular complexity index is 1070. The molecule has 4 nitrogen and oxygen atoms in total. The van der Waals surface area contributed by atoms with Crippen LogP contribution in [0.3, 0.4) is 0 Å². The van der Waals surface area contributed by atoms with Crippen LogP contribution in [0.15, 0.2) is 77.2 Å². The molecule has 1 aromatic heterocycles. The van der Waals surface area contributed by atoms with Gasteiger partial charge in [-0.25, -0.2) is 0 Å². The lowest BCUT2D eigenvalue weighted by Crippen LogP contribution is -2.13. The first-order valence-corrected chi connectivity index (χ1v) is 9.45. The fourth-order valence-electron chi connectivity index (χ4n) is 3.25. The van der Waals surface area contributed by atoms with Gasteiger partial charge in [-0.2, -0.15) is 0 Å². The van der Waals surface area contributed by atoms with Gasteiger partial charge < -0.3 is 9.73 Å². The number of anilines is 1. The highest BCUT2D eigenvalue weighted by atomic mass is 35.5. The van der Waals surface area contributed by atoms with Gasteiger partial charge in [0.2, 0.25) is 11.8 Å². The normalized spacial score (nSPS) is 12.0. The second kappa shape index (κ2) is 7.87. The van der Waals surface area contributed by atoms with Gasteiger partial charge in [-0.1, -0.05) is 48.0 Å². The highest BCUT2D eigenvalue weighted by molar-refractivity contribution is 6.30. The number of benzene rings is 3. The SMILES string of the molecule is Cc1cc(C)cc(N[C@@H](c2cccc(Cl)c2)c2nnc(-c3ccccc3)o2)c1. The molecule has 28 heavy (non-hydrogen) atoms. The molecule has 1 N–H and O–H groups in total. The summed E-state index contributed by atoms with van der Waals surface area (Å²) in [5.74, 6) is 0.977. The van der Waals surface area contributed by atoms with Gasteiger partial charge in [-0.05, 0) is 66.9 Å². The Hall–Kier alpha value is -3.11. The van der Waals surface area contributed by atoms with Crippen molar-refractivity contribution in [3.05, 3.63) is 100 Å². The van der Waals surface area contributed by atoms with Crippen molar-refractivity contribution in [3.8, 4) is 11.5 Å². The predicted octanol–water partition coefficient (Wildman–Crippen LogP) is 6.21. The molecule has 0 saturated carbocycles. The summed E-state index contributed by atoms with van der Waals surface area (Å²) in [7, 11) is 0. The molecule has 1 atom stereocenters. The first kappa shape index (κ1) is 18.3. The minimum atomic E-state index is -0.315. The molecule has 0 spiro atoms. The van der Waals surface area contributed by atoms with Gasteiger partial charge in [0.25, 0.3) is 0 Å². The molecule has 4 rings (SSSR count). The second-order valence-electron chi connectivity index (χ2n) is 6.82. The van der Waals surface area contributed by atoms with E-state index in [4.69, 9.17) is 16.0 Å². The quantitative estimate of drug-likeness (QED) is 0.441. The van der Waals surface area contributed by atoms with Crippen LogP contribution < -0.4 is 5.32 Å². The number of rotatable bonds is 5. The van der Waals surface area contributed by atoms with Crippen molar-refractivity contribution in [2.24, 2.45) is 0 Å². The van der Waals surface area contributed by atoms with Crippen molar-refractivity contribution < 1.29 is 4.42 Å². The molecule has 3 aromatic carbocycles. The third-order valence-corrected chi connectivity index (χ3v) is 4.66. The number of aromatic nitrogens is 2. The zero-order valence-corrected chi connectivity index (χ0v) is 16.4. The Labute approximate surface area is 169 Å². The summed E-state index contributed by atoms with van der Waals surface area (Å²) in [5.41, 5.74) is 5.19. The molecular formula is C23H20ClN3O. The number of halogens is 1.